The predicted octanol–water partition coefficient (Wildman–Crippen LogP) is 4.18. The van der Waals surface area contributed by atoms with Gasteiger partial charge >= 0.3 is 0 Å². The van der Waals surface area contributed by atoms with E-state index < -0.39 is 28.3 Å². The molecule has 0 aromatic carbocycles. The van der Waals surface area contributed by atoms with Crippen LogP contribution in [0.15, 0.2) is 0 Å². The van der Waals surface area contributed by atoms with E-state index in [0.717, 1.165) is 6.42 Å². The fourth-order valence-corrected chi connectivity index (χ4v) is 5.41. The lowest BCUT2D eigenvalue weighted by molar-refractivity contribution is -0.335. The topological polar surface area (TPSA) is 60.5 Å². The molecule has 0 aromatic heterocycles. The van der Waals surface area contributed by atoms with Crippen LogP contribution in [0.2, 0.25) is 37.8 Å². The molecule has 2 aliphatic heterocycles. The second-order valence-electron chi connectivity index (χ2n) is 11.2. The summed E-state index contributed by atoms with van der Waals surface area (Å²) >= 11 is 0. The minimum absolute atomic E-state index is 0.0612. The first-order valence-corrected chi connectivity index (χ1v) is 17.3. The molecular weight excluding hydrogens is 400 g/mol. The standard InChI is InChI=1S/C22H42O5Si2/c1-16-11-13-25-22(24-5,20(16)27-29(9,10)21(2,3)4)19(23)15-18-17(26-18)12-14-28(6,7)8/h16-20,23H,11,13,15H2,1-10H3/t16-,17-,18+,19+,20-,22-/m1/s1. The third-order valence-corrected chi connectivity index (χ3v) is 11.8. The lowest BCUT2D eigenvalue weighted by atomic mass is 9.86. The van der Waals surface area contributed by atoms with Crippen molar-refractivity contribution in [2.75, 3.05) is 13.7 Å². The molecule has 2 fully saturated rings. The summed E-state index contributed by atoms with van der Waals surface area (Å²) in [6.45, 7) is 20.5. The van der Waals surface area contributed by atoms with E-state index in [-0.39, 0.29) is 29.3 Å². The van der Waals surface area contributed by atoms with Crippen LogP contribution in [0.4, 0.5) is 0 Å². The van der Waals surface area contributed by atoms with Crippen molar-refractivity contribution in [1.29, 1.82) is 0 Å². The highest BCUT2D eigenvalue weighted by Gasteiger charge is 2.57. The van der Waals surface area contributed by atoms with E-state index >= 15 is 0 Å². The number of aliphatic hydroxyl groups is 1. The maximum Gasteiger partial charge on any atom is 0.220 e. The van der Waals surface area contributed by atoms with Gasteiger partial charge in [0.2, 0.25) is 5.79 Å². The van der Waals surface area contributed by atoms with Crippen molar-refractivity contribution in [3.05, 3.63) is 0 Å². The van der Waals surface area contributed by atoms with E-state index in [1.54, 1.807) is 7.11 Å². The Morgan fingerprint density at radius 2 is 1.83 bits per heavy atom. The van der Waals surface area contributed by atoms with Crippen LogP contribution in [-0.2, 0) is 18.6 Å². The van der Waals surface area contributed by atoms with Crippen molar-refractivity contribution >= 4 is 16.4 Å². The molecule has 1 N–H and O–H groups in total. The number of hydrogen-bond acceptors (Lipinski definition) is 5. The van der Waals surface area contributed by atoms with Crippen molar-refractivity contribution in [1.82, 2.24) is 0 Å². The van der Waals surface area contributed by atoms with E-state index in [9.17, 15) is 5.11 Å². The summed E-state index contributed by atoms with van der Waals surface area (Å²) < 4.78 is 24.5. The number of methoxy groups -OCH3 is 1. The van der Waals surface area contributed by atoms with Gasteiger partial charge in [0.05, 0.1) is 12.7 Å². The molecule has 0 amide bonds. The number of epoxide rings is 1. The van der Waals surface area contributed by atoms with Crippen LogP contribution in [0.5, 0.6) is 0 Å². The van der Waals surface area contributed by atoms with E-state index in [4.69, 9.17) is 18.6 Å². The zero-order valence-corrected chi connectivity index (χ0v) is 22.1. The van der Waals surface area contributed by atoms with E-state index in [1.165, 1.54) is 0 Å². The van der Waals surface area contributed by atoms with Gasteiger partial charge in [-0.2, -0.15) is 0 Å². The predicted molar refractivity (Wildman–Crippen MR) is 122 cm³/mol. The van der Waals surface area contributed by atoms with Gasteiger partial charge in [-0.05, 0) is 30.5 Å². The Bertz CT molecular complexity index is 628. The molecule has 0 radical (unpaired) electrons. The third kappa shape index (κ3) is 5.94. The van der Waals surface area contributed by atoms with E-state index in [0.29, 0.717) is 13.0 Å². The monoisotopic (exact) mass is 442 g/mol. The van der Waals surface area contributed by atoms with Crippen molar-refractivity contribution in [3.63, 3.8) is 0 Å². The Kier molecular flexibility index (Phi) is 7.55. The van der Waals surface area contributed by atoms with Gasteiger partial charge in [0.25, 0.3) is 0 Å². The molecule has 0 unspecified atom stereocenters. The molecule has 0 bridgehead atoms. The first kappa shape index (κ1) is 25.1. The molecule has 2 aliphatic rings. The molecule has 7 heteroatoms. The molecule has 29 heavy (non-hydrogen) atoms. The second kappa shape index (κ2) is 8.74. The maximum absolute atomic E-state index is 11.2. The van der Waals surface area contributed by atoms with Crippen LogP contribution in [0.1, 0.15) is 40.5 Å². The van der Waals surface area contributed by atoms with Crippen molar-refractivity contribution in [3.8, 4) is 11.5 Å². The highest BCUT2D eigenvalue weighted by atomic mass is 28.4. The van der Waals surface area contributed by atoms with Gasteiger partial charge in [-0.15, -0.1) is 5.54 Å². The van der Waals surface area contributed by atoms with Crippen LogP contribution in [0.25, 0.3) is 0 Å². The fraction of sp³-hybridized carbons (Fsp3) is 0.909. The van der Waals surface area contributed by atoms with Gasteiger partial charge in [0.15, 0.2) is 8.32 Å². The Hall–Kier alpha value is -0.206. The average Bonchev–Trinajstić information content (AvgIpc) is 3.31. The molecule has 0 saturated carbocycles. The van der Waals surface area contributed by atoms with Crippen LogP contribution >= 0.6 is 0 Å². The minimum atomic E-state index is -2.08. The highest BCUT2D eigenvalue weighted by molar-refractivity contribution is 6.83. The minimum Gasteiger partial charge on any atom is -0.408 e. The number of hydrogen-bond donors (Lipinski definition) is 1. The first-order valence-electron chi connectivity index (χ1n) is 10.9. The van der Waals surface area contributed by atoms with Gasteiger partial charge < -0.3 is 23.7 Å². The van der Waals surface area contributed by atoms with E-state index in [2.05, 4.69) is 71.9 Å². The summed E-state index contributed by atoms with van der Waals surface area (Å²) in [7, 11) is -1.90. The average molecular weight is 443 g/mol. The van der Waals surface area contributed by atoms with E-state index in [1.807, 2.05) is 0 Å². The van der Waals surface area contributed by atoms with Crippen LogP contribution < -0.4 is 0 Å². The summed E-state index contributed by atoms with van der Waals surface area (Å²) in [5.74, 6) is 2.30. The summed E-state index contributed by atoms with van der Waals surface area (Å²) in [5.41, 5.74) is 3.35. The van der Waals surface area contributed by atoms with Crippen LogP contribution in [0, 0.1) is 17.4 Å². The first-order chi connectivity index (χ1) is 13.1. The van der Waals surface area contributed by atoms with Gasteiger partial charge in [-0.1, -0.05) is 53.3 Å². The van der Waals surface area contributed by atoms with Crippen molar-refractivity contribution in [2.45, 2.75) is 109 Å². The van der Waals surface area contributed by atoms with Gasteiger partial charge in [0.1, 0.15) is 26.4 Å². The van der Waals surface area contributed by atoms with Gasteiger partial charge in [-0.25, -0.2) is 0 Å². The lowest BCUT2D eigenvalue weighted by Crippen LogP contribution is -2.64. The summed E-state index contributed by atoms with van der Waals surface area (Å²) in [6, 6.07) is 0. The summed E-state index contributed by atoms with van der Waals surface area (Å²) in [6.07, 6.45) is 0.00188. The molecule has 2 rings (SSSR count). The SMILES string of the molecule is CO[C@]1([C@@H](O)C[C@@H]2O[C@@H]2C#C[Si](C)(C)C)OCC[C@@H](C)[C@H]1O[Si](C)(C)C(C)(C)C. The zero-order chi connectivity index (χ0) is 22.3. The number of aliphatic hydroxyl groups excluding tert-OH is 1. The largest absolute Gasteiger partial charge is 0.408 e. The summed E-state index contributed by atoms with van der Waals surface area (Å²) in [4.78, 5) is 0. The number of rotatable bonds is 6. The fourth-order valence-electron chi connectivity index (χ4n) is 3.44. The molecular formula is C22H42O5Si2. The summed E-state index contributed by atoms with van der Waals surface area (Å²) in [5, 5.41) is 11.3. The zero-order valence-electron chi connectivity index (χ0n) is 20.1. The van der Waals surface area contributed by atoms with Crippen molar-refractivity contribution in [2.24, 2.45) is 5.92 Å². The highest BCUT2D eigenvalue weighted by Crippen LogP contribution is 2.44. The Balaban J connectivity index is 2.17. The molecule has 0 aliphatic carbocycles. The normalized spacial score (nSPS) is 34.3. The molecule has 2 saturated heterocycles. The Morgan fingerprint density at radius 1 is 1.21 bits per heavy atom. The van der Waals surface area contributed by atoms with Gasteiger partial charge in [-0.3, -0.25) is 0 Å². The quantitative estimate of drug-likeness (QED) is 0.380. The molecule has 2 heterocycles. The molecule has 6 atom stereocenters. The smallest absolute Gasteiger partial charge is 0.220 e. The Morgan fingerprint density at radius 3 is 2.34 bits per heavy atom. The van der Waals surface area contributed by atoms with Crippen molar-refractivity contribution < 1.29 is 23.7 Å². The molecule has 5 nitrogen and oxygen atoms in total. The second-order valence-corrected chi connectivity index (χ2v) is 20.7. The third-order valence-electron chi connectivity index (χ3n) is 6.45. The van der Waals surface area contributed by atoms with Crippen LogP contribution in [-0.4, -0.2) is 65.4 Å². The Labute approximate surface area is 180 Å². The van der Waals surface area contributed by atoms with Gasteiger partial charge in [0, 0.05) is 13.5 Å². The molecule has 0 spiro atoms. The molecule has 168 valence electrons. The van der Waals surface area contributed by atoms with Crippen LogP contribution in [0.3, 0.4) is 0 Å². The lowest BCUT2D eigenvalue weighted by Gasteiger charge is -2.51. The number of ether oxygens (including phenoxy) is 3. The maximum atomic E-state index is 11.2. The molecule has 0 aromatic rings.